The molecule has 0 spiro atoms. The maximum absolute atomic E-state index is 11.2. The number of halogens is 1. The van der Waals surface area contributed by atoms with E-state index in [4.69, 9.17) is 11.6 Å². The van der Waals surface area contributed by atoms with Gasteiger partial charge in [-0.15, -0.1) is 0 Å². The van der Waals surface area contributed by atoms with Gasteiger partial charge >= 0.3 is 0 Å². The van der Waals surface area contributed by atoms with Crippen molar-refractivity contribution in [2.75, 3.05) is 6.26 Å². The molecular weight excluding hydrogens is 234 g/mol. The molecule has 0 fully saturated rings. The molecule has 2 aromatic rings. The van der Waals surface area contributed by atoms with E-state index < -0.39 is 10.8 Å². The van der Waals surface area contributed by atoms with Gasteiger partial charge in [0.05, 0.1) is 15.8 Å². The molecule has 78 valence electrons. The van der Waals surface area contributed by atoms with Crippen LogP contribution in [0.15, 0.2) is 35.6 Å². The lowest BCUT2D eigenvalue weighted by Crippen LogP contribution is -2.00. The van der Waals surface area contributed by atoms with Gasteiger partial charge in [0.1, 0.15) is 5.03 Å². The van der Waals surface area contributed by atoms with Crippen LogP contribution in [0.5, 0.6) is 0 Å². The average Bonchev–Trinajstić information content (AvgIpc) is 2.67. The van der Waals surface area contributed by atoms with E-state index in [0.717, 1.165) is 0 Å². The normalized spacial score (nSPS) is 12.7. The molecule has 0 aliphatic rings. The zero-order valence-corrected chi connectivity index (χ0v) is 9.50. The Kier molecular flexibility index (Phi) is 2.83. The first-order valence-corrected chi connectivity index (χ1v) is 6.12. The van der Waals surface area contributed by atoms with Crippen LogP contribution >= 0.6 is 11.6 Å². The molecule has 0 aliphatic heterocycles. The average molecular weight is 242 g/mol. The van der Waals surface area contributed by atoms with Gasteiger partial charge in [0.2, 0.25) is 0 Å². The minimum Gasteiger partial charge on any atom is -0.253 e. The van der Waals surface area contributed by atoms with E-state index in [1.807, 2.05) is 0 Å². The Morgan fingerprint density at radius 3 is 2.87 bits per heavy atom. The maximum Gasteiger partial charge on any atom is 0.172 e. The quantitative estimate of drug-likeness (QED) is 0.804. The van der Waals surface area contributed by atoms with Gasteiger partial charge in [0.25, 0.3) is 0 Å². The highest BCUT2D eigenvalue weighted by Gasteiger charge is 2.07. The highest BCUT2D eigenvalue weighted by atomic mass is 35.5. The zero-order valence-electron chi connectivity index (χ0n) is 7.92. The molecule has 0 amide bonds. The lowest BCUT2D eigenvalue weighted by Gasteiger charge is -2.01. The van der Waals surface area contributed by atoms with Crippen LogP contribution in [0, 0.1) is 0 Å². The molecule has 0 aromatic carbocycles. The molecule has 2 rings (SSSR count). The van der Waals surface area contributed by atoms with Crippen molar-refractivity contribution in [3.05, 3.63) is 35.6 Å². The summed E-state index contributed by atoms with van der Waals surface area (Å²) >= 11 is 5.95. The van der Waals surface area contributed by atoms with E-state index in [9.17, 15) is 4.21 Å². The fraction of sp³-hybridized carbons (Fsp3) is 0.111. The third-order valence-corrected chi connectivity index (χ3v) is 2.92. The topological polar surface area (TPSA) is 47.8 Å². The van der Waals surface area contributed by atoms with Crippen LogP contribution in [0.25, 0.3) is 5.82 Å². The van der Waals surface area contributed by atoms with Gasteiger partial charge in [-0.25, -0.2) is 9.67 Å². The minimum absolute atomic E-state index is 0.508. The third kappa shape index (κ3) is 2.08. The van der Waals surface area contributed by atoms with E-state index in [0.29, 0.717) is 15.9 Å². The molecule has 0 saturated heterocycles. The number of rotatable bonds is 2. The summed E-state index contributed by atoms with van der Waals surface area (Å²) in [5.74, 6) is 0.538. The van der Waals surface area contributed by atoms with E-state index in [1.54, 1.807) is 36.8 Å². The molecule has 15 heavy (non-hydrogen) atoms. The molecule has 6 heteroatoms. The standard InChI is InChI=1S/C9H8ClN3OS/c1-15(14)8-4-6-13(12-8)9-7(10)3-2-5-11-9/h2-6H,1H3. The van der Waals surface area contributed by atoms with Gasteiger partial charge in [-0.05, 0) is 18.2 Å². The number of hydrogen-bond donors (Lipinski definition) is 0. The Morgan fingerprint density at radius 1 is 1.47 bits per heavy atom. The second-order valence-corrected chi connectivity index (χ2v) is 4.60. The van der Waals surface area contributed by atoms with Crippen molar-refractivity contribution in [1.82, 2.24) is 14.8 Å². The zero-order chi connectivity index (χ0) is 10.8. The Labute approximate surface area is 94.4 Å². The van der Waals surface area contributed by atoms with Crippen LogP contribution in [0.2, 0.25) is 5.02 Å². The molecule has 1 unspecified atom stereocenters. The predicted molar refractivity (Wildman–Crippen MR) is 58.7 cm³/mol. The van der Waals surface area contributed by atoms with Crippen molar-refractivity contribution in [2.24, 2.45) is 0 Å². The van der Waals surface area contributed by atoms with E-state index in [2.05, 4.69) is 10.1 Å². The van der Waals surface area contributed by atoms with Crippen LogP contribution in [0.3, 0.4) is 0 Å². The van der Waals surface area contributed by atoms with Gasteiger partial charge in [-0.2, -0.15) is 5.10 Å². The van der Waals surface area contributed by atoms with Gasteiger partial charge in [-0.3, -0.25) is 4.21 Å². The lowest BCUT2D eigenvalue weighted by molar-refractivity contribution is 0.681. The van der Waals surface area contributed by atoms with Crippen LogP contribution in [0.1, 0.15) is 0 Å². The highest BCUT2D eigenvalue weighted by Crippen LogP contribution is 2.16. The summed E-state index contributed by atoms with van der Waals surface area (Å²) in [6.45, 7) is 0. The van der Waals surface area contributed by atoms with Crippen molar-refractivity contribution in [3.63, 3.8) is 0 Å². The van der Waals surface area contributed by atoms with Gasteiger partial charge in [0, 0.05) is 18.6 Å². The number of hydrogen-bond acceptors (Lipinski definition) is 3. The molecule has 0 bridgehead atoms. The van der Waals surface area contributed by atoms with Crippen molar-refractivity contribution in [1.29, 1.82) is 0 Å². The molecule has 0 radical (unpaired) electrons. The first-order chi connectivity index (χ1) is 7.18. The molecule has 0 saturated carbocycles. The first-order valence-electron chi connectivity index (χ1n) is 4.18. The van der Waals surface area contributed by atoms with Gasteiger partial charge in [-0.1, -0.05) is 11.6 Å². The number of nitrogens with zero attached hydrogens (tertiary/aromatic N) is 3. The monoisotopic (exact) mass is 241 g/mol. The van der Waals surface area contributed by atoms with Crippen LogP contribution in [-0.2, 0) is 10.8 Å². The van der Waals surface area contributed by atoms with Crippen molar-refractivity contribution >= 4 is 22.4 Å². The van der Waals surface area contributed by atoms with E-state index >= 15 is 0 Å². The molecule has 2 heterocycles. The summed E-state index contributed by atoms with van der Waals surface area (Å²) in [5, 5.41) is 5.13. The summed E-state index contributed by atoms with van der Waals surface area (Å²) in [5.41, 5.74) is 0. The van der Waals surface area contributed by atoms with Crippen LogP contribution < -0.4 is 0 Å². The Balaban J connectivity index is 2.46. The van der Waals surface area contributed by atoms with Crippen LogP contribution in [0.4, 0.5) is 0 Å². The minimum atomic E-state index is -1.09. The smallest absolute Gasteiger partial charge is 0.172 e. The van der Waals surface area contributed by atoms with Gasteiger partial charge in [0.15, 0.2) is 5.82 Å². The molecular formula is C9H8ClN3OS. The molecule has 0 N–H and O–H groups in total. The fourth-order valence-corrected chi connectivity index (χ4v) is 1.79. The lowest BCUT2D eigenvalue weighted by atomic mass is 10.4. The molecule has 0 aliphatic carbocycles. The number of aromatic nitrogens is 3. The van der Waals surface area contributed by atoms with E-state index in [-0.39, 0.29) is 0 Å². The predicted octanol–water partition coefficient (Wildman–Crippen LogP) is 1.66. The second kappa shape index (κ2) is 4.12. The first kappa shape index (κ1) is 10.3. The summed E-state index contributed by atoms with van der Waals surface area (Å²) < 4.78 is 12.7. The Hall–Kier alpha value is -1.20. The van der Waals surface area contributed by atoms with Gasteiger partial charge < -0.3 is 0 Å². The van der Waals surface area contributed by atoms with Crippen molar-refractivity contribution < 1.29 is 4.21 Å². The fourth-order valence-electron chi connectivity index (χ4n) is 1.12. The molecule has 1 atom stereocenters. The van der Waals surface area contributed by atoms with Crippen molar-refractivity contribution in [3.8, 4) is 5.82 Å². The largest absolute Gasteiger partial charge is 0.253 e. The summed E-state index contributed by atoms with van der Waals surface area (Å²) in [6, 6.07) is 5.16. The molecule has 4 nitrogen and oxygen atoms in total. The third-order valence-electron chi connectivity index (χ3n) is 1.82. The van der Waals surface area contributed by atoms with Crippen LogP contribution in [-0.4, -0.2) is 25.2 Å². The van der Waals surface area contributed by atoms with Crippen molar-refractivity contribution in [2.45, 2.75) is 5.03 Å². The summed E-state index contributed by atoms with van der Waals surface area (Å²) in [6.07, 6.45) is 4.89. The molecule has 2 aromatic heterocycles. The number of pyridine rings is 1. The summed E-state index contributed by atoms with van der Waals surface area (Å²) in [4.78, 5) is 4.09. The Morgan fingerprint density at radius 2 is 2.27 bits per heavy atom. The van der Waals surface area contributed by atoms with E-state index in [1.165, 1.54) is 4.68 Å². The summed E-state index contributed by atoms with van der Waals surface area (Å²) in [7, 11) is -1.09. The highest BCUT2D eigenvalue weighted by molar-refractivity contribution is 7.84. The SMILES string of the molecule is CS(=O)c1ccn(-c2ncccc2Cl)n1. The maximum atomic E-state index is 11.2. The second-order valence-electron chi connectivity index (χ2n) is 2.86. The Bertz CT molecular complexity index is 512.